The minimum Gasteiger partial charge on any atom is -0.462 e. The maximum atomic E-state index is 13.1. The van der Waals surface area contributed by atoms with Gasteiger partial charge in [0.05, 0.1) is 6.61 Å². The minimum absolute atomic E-state index is 0.00234. The molecule has 0 amide bonds. The lowest BCUT2D eigenvalue weighted by Crippen LogP contribution is -2.65. The molecule has 22 heteroatoms. The summed E-state index contributed by atoms with van der Waals surface area (Å²) in [4.78, 5) is 73.3. The first kappa shape index (κ1) is 65.4. The highest BCUT2D eigenvalue weighted by Crippen LogP contribution is 2.51. The van der Waals surface area contributed by atoms with Crippen LogP contribution in [-0.4, -0.2) is 108 Å². The Kier molecular flexibility index (Phi) is 36.9. The summed E-state index contributed by atoms with van der Waals surface area (Å²) >= 11 is 0. The smallest absolute Gasteiger partial charge is 0.462 e. The van der Waals surface area contributed by atoms with E-state index in [9.17, 15) is 63.1 Å². The number of carbonyl (C=O) groups is 2. The Morgan fingerprint density at radius 1 is 0.464 bits per heavy atom. The van der Waals surface area contributed by atoms with Crippen LogP contribution in [0, 0.1) is 0 Å². The summed E-state index contributed by atoms with van der Waals surface area (Å²) in [5.74, 6) is -1.31. The van der Waals surface area contributed by atoms with Crippen LogP contribution in [0.15, 0.2) is 36.5 Å². The van der Waals surface area contributed by atoms with Crippen LogP contribution in [0.4, 0.5) is 0 Å². The predicted molar refractivity (Wildman–Crippen MR) is 261 cm³/mol. The highest BCUT2D eigenvalue weighted by Gasteiger charge is 2.56. The molecule has 69 heavy (non-hydrogen) atoms. The summed E-state index contributed by atoms with van der Waals surface area (Å²) in [6.45, 7) is 2.92. The zero-order valence-electron chi connectivity index (χ0n) is 41.1. The normalized spacial score (nSPS) is 21.6. The lowest BCUT2D eigenvalue weighted by Gasteiger charge is -2.44. The number of hydrogen-bond acceptors (Lipinski definition) is 14. The number of aliphatic hydroxyl groups excluding tert-OH is 3. The van der Waals surface area contributed by atoms with Gasteiger partial charge >= 0.3 is 35.4 Å². The van der Waals surface area contributed by atoms with Gasteiger partial charge in [0, 0.05) is 12.8 Å². The summed E-state index contributed by atoms with van der Waals surface area (Å²) in [6.07, 6.45) is 24.4. The van der Waals surface area contributed by atoms with E-state index in [1.807, 2.05) is 0 Å². The van der Waals surface area contributed by atoms with E-state index in [2.05, 4.69) is 59.4 Å². The van der Waals surface area contributed by atoms with Gasteiger partial charge in [-0.2, -0.15) is 0 Å². The Hall–Kier alpha value is -1.63. The molecule has 1 fully saturated rings. The van der Waals surface area contributed by atoms with Gasteiger partial charge in [-0.3, -0.25) is 27.7 Å². The van der Waals surface area contributed by atoms with Gasteiger partial charge in [0.2, 0.25) is 0 Å². The summed E-state index contributed by atoms with van der Waals surface area (Å²) in [6, 6.07) is 0. The van der Waals surface area contributed by atoms with E-state index in [0.717, 1.165) is 89.9 Å². The molecule has 404 valence electrons. The van der Waals surface area contributed by atoms with Gasteiger partial charge in [0.15, 0.2) is 6.10 Å². The van der Waals surface area contributed by atoms with Gasteiger partial charge in [-0.15, -0.1) is 0 Å². The Labute approximate surface area is 410 Å². The number of allylic oxidation sites excluding steroid dienone is 6. The molecule has 0 aromatic carbocycles. The SMILES string of the molecule is CCCCC/C=C\C/C=C\C/C=C\CCCCCCCCC(=O)OC[C@H](COP(=O)(O)O[C@H]1C(O)C(O)C(OP(=O)(O)O)[C@@H](OP(=O)(O)O)C1O)OC(=O)CCCCCCCCCCCCCCC. The van der Waals surface area contributed by atoms with Crippen LogP contribution in [0.25, 0.3) is 0 Å². The molecule has 1 aliphatic rings. The van der Waals surface area contributed by atoms with Crippen molar-refractivity contribution in [1.29, 1.82) is 0 Å². The lowest BCUT2D eigenvalue weighted by molar-refractivity contribution is -0.213. The van der Waals surface area contributed by atoms with E-state index in [1.165, 1.54) is 64.2 Å². The van der Waals surface area contributed by atoms with Crippen LogP contribution in [0.2, 0.25) is 0 Å². The second-order valence-corrected chi connectivity index (χ2v) is 21.5. The number of aliphatic hydroxyl groups is 3. The van der Waals surface area contributed by atoms with Crippen molar-refractivity contribution in [3.05, 3.63) is 36.5 Å². The van der Waals surface area contributed by atoms with Crippen molar-refractivity contribution in [2.24, 2.45) is 0 Å². The zero-order chi connectivity index (χ0) is 51.4. The van der Waals surface area contributed by atoms with E-state index < -0.39 is 91.3 Å². The topological polar surface area (TPSA) is 303 Å². The monoisotopic (exact) mass is 1050 g/mol. The van der Waals surface area contributed by atoms with Gasteiger partial charge in [0.25, 0.3) is 0 Å². The molecule has 1 aliphatic carbocycles. The quantitative estimate of drug-likeness (QED) is 0.0122. The molecular weight excluding hydrogens is 961 g/mol. The number of esters is 2. The lowest BCUT2D eigenvalue weighted by atomic mass is 9.85. The van der Waals surface area contributed by atoms with Crippen molar-refractivity contribution in [3.63, 3.8) is 0 Å². The Morgan fingerprint density at radius 2 is 0.841 bits per heavy atom. The fourth-order valence-electron chi connectivity index (χ4n) is 7.65. The van der Waals surface area contributed by atoms with Crippen molar-refractivity contribution in [1.82, 2.24) is 0 Å². The highest BCUT2D eigenvalue weighted by atomic mass is 31.2. The van der Waals surface area contributed by atoms with Crippen LogP contribution in [-0.2, 0) is 50.9 Å². The van der Waals surface area contributed by atoms with Crippen LogP contribution in [0.3, 0.4) is 0 Å². The van der Waals surface area contributed by atoms with Gasteiger partial charge in [0.1, 0.15) is 43.2 Å². The van der Waals surface area contributed by atoms with E-state index >= 15 is 0 Å². The number of unbranched alkanes of at least 4 members (excludes halogenated alkanes) is 21. The Balaban J connectivity index is 2.69. The van der Waals surface area contributed by atoms with Crippen molar-refractivity contribution in [3.8, 4) is 0 Å². The molecule has 0 saturated heterocycles. The molecule has 0 spiro atoms. The van der Waals surface area contributed by atoms with Gasteiger partial charge < -0.3 is 49.3 Å². The average Bonchev–Trinajstić information content (AvgIpc) is 3.28. The van der Waals surface area contributed by atoms with Crippen molar-refractivity contribution in [2.45, 2.75) is 236 Å². The minimum atomic E-state index is -5.60. The molecule has 1 rings (SSSR count). The summed E-state index contributed by atoms with van der Waals surface area (Å²) in [7, 11) is -16.6. The fraction of sp³-hybridized carbons (Fsp3) is 0.830. The third kappa shape index (κ3) is 35.2. The number of phosphoric acid groups is 3. The predicted octanol–water partition coefficient (Wildman–Crippen LogP) is 9.63. The van der Waals surface area contributed by atoms with Gasteiger partial charge in [-0.1, -0.05) is 166 Å². The fourth-order valence-corrected chi connectivity index (χ4v) is 9.75. The van der Waals surface area contributed by atoms with Gasteiger partial charge in [-0.25, -0.2) is 13.7 Å². The van der Waals surface area contributed by atoms with Crippen molar-refractivity contribution in [2.75, 3.05) is 13.2 Å². The largest absolute Gasteiger partial charge is 0.472 e. The van der Waals surface area contributed by atoms with Gasteiger partial charge in [-0.05, 0) is 51.4 Å². The first-order valence-corrected chi connectivity index (χ1v) is 29.8. The first-order chi connectivity index (χ1) is 32.8. The standard InChI is InChI=1S/C47H87O19P3/c1-3-5-7-9-11-13-15-17-18-19-20-21-22-24-25-27-29-31-33-35-40(48)61-37-39(63-41(49)36-34-32-30-28-26-23-16-14-12-10-8-6-4-2)38-62-69(59,60)66-45-42(50)43(51)46(64-67(53,54)55)47(44(45)52)65-68(56,57)58/h11,13,17-18,20-21,39,42-47,50-52H,3-10,12,14-16,19,22-38H2,1-2H3,(H,59,60)(H2,53,54,55)(H2,56,57,58)/b13-11-,18-17-,21-20-/t39-,42?,43?,44?,45+,46?,47+/m1/s1. The van der Waals surface area contributed by atoms with Crippen LogP contribution in [0.1, 0.15) is 194 Å². The number of ether oxygens (including phenoxy) is 2. The first-order valence-electron chi connectivity index (χ1n) is 25.3. The number of rotatable bonds is 43. The van der Waals surface area contributed by atoms with Crippen LogP contribution >= 0.6 is 23.5 Å². The summed E-state index contributed by atoms with van der Waals surface area (Å²) in [5, 5.41) is 31.9. The molecule has 0 heterocycles. The maximum absolute atomic E-state index is 13.1. The van der Waals surface area contributed by atoms with Crippen LogP contribution in [0.5, 0.6) is 0 Å². The molecule has 0 bridgehead atoms. The van der Waals surface area contributed by atoms with Crippen molar-refractivity contribution >= 4 is 35.4 Å². The highest BCUT2D eigenvalue weighted by molar-refractivity contribution is 7.47. The Morgan fingerprint density at radius 3 is 1.32 bits per heavy atom. The molecule has 0 aromatic heterocycles. The van der Waals surface area contributed by atoms with Crippen LogP contribution < -0.4 is 0 Å². The molecule has 8 atom stereocenters. The second-order valence-electron chi connectivity index (χ2n) is 17.8. The molecule has 8 N–H and O–H groups in total. The van der Waals surface area contributed by atoms with E-state index in [0.29, 0.717) is 12.8 Å². The maximum Gasteiger partial charge on any atom is 0.472 e. The third-order valence-corrected chi connectivity index (χ3v) is 13.5. The average molecular weight is 1050 g/mol. The second kappa shape index (κ2) is 38.9. The molecule has 0 radical (unpaired) electrons. The van der Waals surface area contributed by atoms with E-state index in [4.69, 9.17) is 18.5 Å². The molecule has 1 saturated carbocycles. The number of carbonyl (C=O) groups excluding carboxylic acids is 2. The molecule has 5 unspecified atom stereocenters. The molecule has 0 aliphatic heterocycles. The van der Waals surface area contributed by atoms with E-state index in [1.54, 1.807) is 0 Å². The zero-order valence-corrected chi connectivity index (χ0v) is 43.8. The summed E-state index contributed by atoms with van der Waals surface area (Å²) in [5.41, 5.74) is 0. The number of hydrogen-bond donors (Lipinski definition) is 8. The molecule has 19 nitrogen and oxygen atoms in total. The van der Waals surface area contributed by atoms with Crippen molar-refractivity contribution < 1.29 is 90.6 Å². The molecule has 0 aromatic rings. The summed E-state index contributed by atoms with van der Waals surface area (Å²) < 4.78 is 65.5. The third-order valence-electron chi connectivity index (χ3n) is 11.4. The molecular formula is C47H87O19P3. The number of phosphoric ester groups is 3. The van der Waals surface area contributed by atoms with E-state index in [-0.39, 0.29) is 12.8 Å². The Bertz CT molecular complexity index is 1580.